The number of aromatic hydroxyl groups is 1. The van der Waals surface area contributed by atoms with Crippen molar-refractivity contribution >= 4 is 27.2 Å². The highest BCUT2D eigenvalue weighted by molar-refractivity contribution is 7.21. The van der Waals surface area contributed by atoms with Crippen LogP contribution in [0.15, 0.2) is 48.5 Å². The fraction of sp³-hybridized carbons (Fsp3) is 0.323. The summed E-state index contributed by atoms with van der Waals surface area (Å²) in [6, 6.07) is 13.8. The molecule has 0 atom stereocenters. The van der Waals surface area contributed by atoms with E-state index in [1.807, 2.05) is 32.9 Å². The second-order valence-corrected chi connectivity index (χ2v) is 11.1. The lowest BCUT2D eigenvalue weighted by molar-refractivity contribution is 0.0183. The maximum Gasteiger partial charge on any atom is 0.207 e. The Morgan fingerprint density at radius 1 is 1.05 bits per heavy atom. The second kappa shape index (κ2) is 11.3. The average Bonchev–Trinajstić information content (AvgIpc) is 3.22. The fourth-order valence-electron chi connectivity index (χ4n) is 5.16. The number of ketones is 1. The minimum atomic E-state index is -0.776. The van der Waals surface area contributed by atoms with Crippen LogP contribution in [0, 0.1) is 20.8 Å². The molecule has 39 heavy (non-hydrogen) atoms. The number of aryl methyl sites for hydroxylation is 3. The highest BCUT2D eigenvalue weighted by Crippen LogP contribution is 2.44. The Bertz CT molecular complexity index is 1500. The van der Waals surface area contributed by atoms with Crippen molar-refractivity contribution in [1.29, 1.82) is 0 Å². The summed E-state index contributed by atoms with van der Waals surface area (Å²) >= 11 is 1.24. The molecule has 0 spiro atoms. The van der Waals surface area contributed by atoms with Gasteiger partial charge in [-0.1, -0.05) is 17.7 Å². The van der Waals surface area contributed by atoms with E-state index in [0.717, 1.165) is 16.7 Å². The molecule has 1 saturated heterocycles. The number of carbonyl (C=O) groups is 1. The first-order valence-electron chi connectivity index (χ1n) is 13.0. The molecule has 0 bridgehead atoms. The van der Waals surface area contributed by atoms with Crippen molar-refractivity contribution in [2.45, 2.75) is 40.0 Å². The molecule has 1 N–H and O–H groups in total. The average molecular weight is 552 g/mol. The number of alkyl halides is 2. The summed E-state index contributed by atoms with van der Waals surface area (Å²) in [7, 11) is 0. The number of phenolic OH excluding ortho intramolecular Hbond substituents is 1. The lowest BCUT2D eigenvalue weighted by Crippen LogP contribution is -2.53. The van der Waals surface area contributed by atoms with Crippen molar-refractivity contribution in [1.82, 2.24) is 4.90 Å². The number of thiophene rings is 1. The zero-order chi connectivity index (χ0) is 27.7. The van der Waals surface area contributed by atoms with Crippen molar-refractivity contribution in [3.05, 3.63) is 81.2 Å². The molecule has 3 aromatic carbocycles. The van der Waals surface area contributed by atoms with E-state index >= 15 is 0 Å². The van der Waals surface area contributed by atoms with Crippen LogP contribution in [0.3, 0.4) is 0 Å². The van der Waals surface area contributed by atoms with E-state index in [-0.39, 0.29) is 24.3 Å². The normalized spacial score (nSPS) is 14.0. The molecule has 5 nitrogen and oxygen atoms in total. The maximum absolute atomic E-state index is 14.2. The molecular formula is C31H31F2NO4S. The highest BCUT2D eigenvalue weighted by Gasteiger charge is 2.29. The first-order chi connectivity index (χ1) is 18.8. The zero-order valence-electron chi connectivity index (χ0n) is 22.2. The number of nitrogens with zero attached hydrogens (tertiary/aromatic N) is 1. The minimum Gasteiger partial charge on any atom is -0.508 e. The number of hydrogen-bond donors (Lipinski definition) is 1. The van der Waals surface area contributed by atoms with E-state index in [9.17, 15) is 18.7 Å². The van der Waals surface area contributed by atoms with Gasteiger partial charge in [-0.2, -0.15) is 0 Å². The van der Waals surface area contributed by atoms with Crippen LogP contribution in [0.5, 0.6) is 23.0 Å². The molecule has 8 heteroatoms. The number of ether oxygens (including phenoxy) is 2. The van der Waals surface area contributed by atoms with Crippen molar-refractivity contribution < 1.29 is 28.2 Å². The zero-order valence-corrected chi connectivity index (χ0v) is 23.0. The molecular weight excluding hydrogens is 520 g/mol. The van der Waals surface area contributed by atoms with Crippen molar-refractivity contribution in [2.75, 3.05) is 26.3 Å². The van der Waals surface area contributed by atoms with Gasteiger partial charge in [0.2, 0.25) is 5.78 Å². The number of carbonyl (C=O) groups excluding carboxylic acids is 1. The summed E-state index contributed by atoms with van der Waals surface area (Å²) in [5.41, 5.74) is 3.73. The Balaban J connectivity index is 1.46. The molecule has 1 aliphatic heterocycles. The van der Waals surface area contributed by atoms with Crippen molar-refractivity contribution in [3.8, 4) is 23.0 Å². The van der Waals surface area contributed by atoms with Gasteiger partial charge >= 0.3 is 0 Å². The molecule has 1 aromatic heterocycles. The number of benzene rings is 3. The van der Waals surface area contributed by atoms with Gasteiger partial charge in [-0.3, -0.25) is 14.1 Å². The summed E-state index contributed by atoms with van der Waals surface area (Å²) in [4.78, 5) is 16.4. The maximum atomic E-state index is 14.2. The van der Waals surface area contributed by atoms with Gasteiger partial charge in [-0.25, -0.2) is 4.39 Å². The lowest BCUT2D eigenvalue weighted by atomic mass is 9.95. The Labute approximate surface area is 230 Å². The molecule has 1 aliphatic rings. The Kier molecular flexibility index (Phi) is 7.86. The third kappa shape index (κ3) is 5.63. The number of hydrogen-bond acceptors (Lipinski definition) is 6. The highest BCUT2D eigenvalue weighted by atomic mass is 32.1. The van der Waals surface area contributed by atoms with Crippen LogP contribution in [0.1, 0.15) is 43.9 Å². The van der Waals surface area contributed by atoms with Gasteiger partial charge in [-0.05, 0) is 74.7 Å². The third-order valence-electron chi connectivity index (χ3n) is 6.96. The van der Waals surface area contributed by atoms with Gasteiger partial charge in [0.15, 0.2) is 5.75 Å². The molecule has 0 radical (unpaired) electrons. The van der Waals surface area contributed by atoms with Crippen LogP contribution in [0.25, 0.3) is 10.1 Å². The Morgan fingerprint density at radius 3 is 2.49 bits per heavy atom. The number of halogens is 2. The molecule has 5 rings (SSSR count). The molecule has 4 aromatic rings. The van der Waals surface area contributed by atoms with E-state index in [1.165, 1.54) is 11.3 Å². The number of phenols is 1. The van der Waals surface area contributed by atoms with Crippen molar-refractivity contribution in [3.63, 3.8) is 0 Å². The van der Waals surface area contributed by atoms with E-state index < -0.39 is 6.67 Å². The van der Waals surface area contributed by atoms with Gasteiger partial charge < -0.3 is 14.6 Å². The van der Waals surface area contributed by atoms with E-state index in [0.29, 0.717) is 69.4 Å². The number of rotatable bonds is 10. The predicted octanol–water partition coefficient (Wildman–Crippen LogP) is 7.45. The minimum absolute atomic E-state index is 0.0254. The standard InChI is InChI=1S/C31H31F2NO4S/c1-18-11-19(2)28(20(3)12-18)29(36)31-30(25-7-5-22(35)14-27(25)39-31)38-26-8-6-23(13-21(26)15-33)37-24-16-34(17-24)10-4-9-32/h5-8,11-14,24,35H,4,9-10,15-17H2,1-3H3. The van der Waals surface area contributed by atoms with E-state index in [4.69, 9.17) is 9.47 Å². The smallest absolute Gasteiger partial charge is 0.207 e. The van der Waals surface area contributed by atoms with Crippen LogP contribution in [-0.4, -0.2) is 48.2 Å². The van der Waals surface area contributed by atoms with Gasteiger partial charge in [0.1, 0.15) is 34.9 Å². The van der Waals surface area contributed by atoms with Gasteiger partial charge in [0.05, 0.1) is 6.67 Å². The van der Waals surface area contributed by atoms with Gasteiger partial charge in [0, 0.05) is 40.8 Å². The molecule has 0 unspecified atom stereocenters. The SMILES string of the molecule is Cc1cc(C)c(C(=O)c2sc3cc(O)ccc3c2Oc2ccc(OC3CN(CCCF)C3)cc2CF)c(C)c1. The molecule has 2 heterocycles. The summed E-state index contributed by atoms with van der Waals surface area (Å²) in [6.45, 7) is 6.83. The largest absolute Gasteiger partial charge is 0.508 e. The van der Waals surface area contributed by atoms with Gasteiger partial charge in [0.25, 0.3) is 0 Å². The summed E-state index contributed by atoms with van der Waals surface area (Å²) in [5, 5.41) is 10.7. The third-order valence-corrected chi connectivity index (χ3v) is 8.09. The van der Waals surface area contributed by atoms with Crippen LogP contribution < -0.4 is 9.47 Å². The summed E-state index contributed by atoms with van der Waals surface area (Å²) in [5.74, 6) is 1.08. The lowest BCUT2D eigenvalue weighted by Gasteiger charge is -2.38. The summed E-state index contributed by atoms with van der Waals surface area (Å²) in [6.07, 6.45) is 0.484. The number of likely N-dealkylation sites (tertiary alicyclic amines) is 1. The first kappa shape index (κ1) is 27.1. The molecule has 0 amide bonds. The monoisotopic (exact) mass is 551 g/mol. The van der Waals surface area contributed by atoms with E-state index in [1.54, 1.807) is 36.4 Å². The van der Waals surface area contributed by atoms with Gasteiger partial charge in [-0.15, -0.1) is 11.3 Å². The van der Waals surface area contributed by atoms with Crippen molar-refractivity contribution in [2.24, 2.45) is 0 Å². The van der Waals surface area contributed by atoms with Crippen LogP contribution in [0.2, 0.25) is 0 Å². The molecule has 204 valence electrons. The molecule has 0 saturated carbocycles. The van der Waals surface area contributed by atoms with E-state index in [2.05, 4.69) is 4.90 Å². The second-order valence-electron chi connectivity index (χ2n) is 10.1. The molecule has 0 aliphatic carbocycles. The first-order valence-corrected chi connectivity index (χ1v) is 13.8. The Hall–Kier alpha value is -3.49. The number of fused-ring (bicyclic) bond motifs is 1. The van der Waals surface area contributed by atoms with Crippen LogP contribution in [-0.2, 0) is 6.67 Å². The molecule has 1 fully saturated rings. The van der Waals surface area contributed by atoms with Crippen LogP contribution >= 0.6 is 11.3 Å². The fourth-order valence-corrected chi connectivity index (χ4v) is 6.27. The Morgan fingerprint density at radius 2 is 1.79 bits per heavy atom. The topological polar surface area (TPSA) is 59.0 Å². The summed E-state index contributed by atoms with van der Waals surface area (Å²) < 4.78 is 39.6. The predicted molar refractivity (Wildman–Crippen MR) is 150 cm³/mol. The van der Waals surface area contributed by atoms with Crippen LogP contribution in [0.4, 0.5) is 8.78 Å². The quantitative estimate of drug-likeness (QED) is 0.208.